The van der Waals surface area contributed by atoms with E-state index in [0.717, 1.165) is 48.1 Å². The van der Waals surface area contributed by atoms with E-state index in [1.165, 1.54) is 12.8 Å². The average Bonchev–Trinajstić information content (AvgIpc) is 2.88. The van der Waals surface area contributed by atoms with Crippen molar-refractivity contribution in [2.24, 2.45) is 0 Å². The van der Waals surface area contributed by atoms with Crippen LogP contribution in [0.15, 0.2) is 22.7 Å². The number of halogens is 1. The Labute approximate surface area is 134 Å². The number of benzene rings is 1. The van der Waals surface area contributed by atoms with Crippen LogP contribution >= 0.6 is 15.9 Å². The van der Waals surface area contributed by atoms with Crippen molar-refractivity contribution in [3.63, 3.8) is 0 Å². The molecule has 1 heterocycles. The maximum absolute atomic E-state index is 9.94. The molecule has 1 N–H and O–H groups in total. The Kier molecular flexibility index (Phi) is 4.57. The lowest BCUT2D eigenvalue weighted by molar-refractivity contribution is -0.108. The Morgan fingerprint density at radius 3 is 2.86 bits per heavy atom. The Morgan fingerprint density at radius 2 is 2.14 bits per heavy atom. The summed E-state index contributed by atoms with van der Waals surface area (Å²) < 4.78 is 13.2. The molecule has 3 nitrogen and oxygen atoms in total. The third-order valence-electron chi connectivity index (χ3n) is 4.68. The van der Waals surface area contributed by atoms with Gasteiger partial charge in [0.25, 0.3) is 0 Å². The molecule has 2 fully saturated rings. The molecule has 0 amide bonds. The quantitative estimate of drug-likeness (QED) is 0.875. The standard InChI is InChI=1S/C17H23BrO3/c1-12(19)15-10-13(18)4-5-16(15)21-14-6-9-20-17(11-14)7-2-3-8-17/h4-5,10,12,14,19H,2-3,6-9,11H2,1H3. The van der Waals surface area contributed by atoms with Crippen LogP contribution in [0.5, 0.6) is 5.75 Å². The van der Waals surface area contributed by atoms with Crippen LogP contribution in [0.4, 0.5) is 0 Å². The third-order valence-corrected chi connectivity index (χ3v) is 5.17. The smallest absolute Gasteiger partial charge is 0.125 e. The number of aliphatic hydroxyl groups is 1. The van der Waals surface area contributed by atoms with Crippen LogP contribution in [0.3, 0.4) is 0 Å². The average molecular weight is 355 g/mol. The van der Waals surface area contributed by atoms with Crippen LogP contribution < -0.4 is 4.74 Å². The highest BCUT2D eigenvalue weighted by atomic mass is 79.9. The van der Waals surface area contributed by atoms with Gasteiger partial charge < -0.3 is 14.6 Å². The van der Waals surface area contributed by atoms with Crippen molar-refractivity contribution in [1.82, 2.24) is 0 Å². The lowest BCUT2D eigenvalue weighted by Crippen LogP contribution is -2.41. The largest absolute Gasteiger partial charge is 0.490 e. The van der Waals surface area contributed by atoms with Crippen molar-refractivity contribution < 1.29 is 14.6 Å². The van der Waals surface area contributed by atoms with Gasteiger partial charge >= 0.3 is 0 Å². The van der Waals surface area contributed by atoms with Gasteiger partial charge in [-0.25, -0.2) is 0 Å². The summed E-state index contributed by atoms with van der Waals surface area (Å²) in [5.41, 5.74) is 0.903. The summed E-state index contributed by atoms with van der Waals surface area (Å²) in [5.74, 6) is 0.799. The van der Waals surface area contributed by atoms with Crippen LogP contribution in [0, 0.1) is 0 Å². The lowest BCUT2D eigenvalue weighted by atomic mass is 9.90. The minimum atomic E-state index is -0.530. The second-order valence-electron chi connectivity index (χ2n) is 6.33. The molecule has 2 atom stereocenters. The van der Waals surface area contributed by atoms with E-state index >= 15 is 0 Å². The summed E-state index contributed by atoms with van der Waals surface area (Å²) in [6.45, 7) is 2.56. The van der Waals surface area contributed by atoms with Crippen LogP contribution in [0.1, 0.15) is 57.1 Å². The molecule has 0 bridgehead atoms. The van der Waals surface area contributed by atoms with E-state index in [2.05, 4.69) is 15.9 Å². The zero-order valence-corrected chi connectivity index (χ0v) is 14.1. The summed E-state index contributed by atoms with van der Waals surface area (Å²) in [7, 11) is 0. The summed E-state index contributed by atoms with van der Waals surface area (Å²) in [5, 5.41) is 9.94. The zero-order valence-electron chi connectivity index (χ0n) is 12.5. The first kappa shape index (κ1) is 15.3. The van der Waals surface area contributed by atoms with E-state index < -0.39 is 6.10 Å². The molecule has 0 aromatic heterocycles. The van der Waals surface area contributed by atoms with Crippen molar-refractivity contribution >= 4 is 15.9 Å². The van der Waals surface area contributed by atoms with E-state index in [-0.39, 0.29) is 11.7 Å². The highest BCUT2D eigenvalue weighted by Crippen LogP contribution is 2.41. The van der Waals surface area contributed by atoms with Gasteiger partial charge in [0.1, 0.15) is 11.9 Å². The number of ether oxygens (including phenoxy) is 2. The minimum Gasteiger partial charge on any atom is -0.490 e. The highest BCUT2D eigenvalue weighted by Gasteiger charge is 2.40. The second-order valence-corrected chi connectivity index (χ2v) is 7.25. The molecule has 1 aliphatic heterocycles. The van der Waals surface area contributed by atoms with Gasteiger partial charge in [-0.15, -0.1) is 0 Å². The fraction of sp³-hybridized carbons (Fsp3) is 0.647. The normalized spacial score (nSPS) is 26.0. The molecule has 1 aromatic rings. The van der Waals surface area contributed by atoms with Crippen LogP contribution in [0.2, 0.25) is 0 Å². The minimum absolute atomic E-state index is 0.0588. The molecular weight excluding hydrogens is 332 g/mol. The molecule has 2 aliphatic rings. The Hall–Kier alpha value is -0.580. The summed E-state index contributed by atoms with van der Waals surface area (Å²) in [6, 6.07) is 5.85. The number of hydrogen-bond donors (Lipinski definition) is 1. The molecular formula is C17H23BrO3. The Balaban J connectivity index is 1.74. The molecule has 2 unspecified atom stereocenters. The lowest BCUT2D eigenvalue weighted by Gasteiger charge is -2.38. The van der Waals surface area contributed by atoms with Gasteiger partial charge in [-0.1, -0.05) is 28.8 Å². The zero-order chi connectivity index (χ0) is 14.9. The van der Waals surface area contributed by atoms with E-state index in [1.807, 2.05) is 18.2 Å². The highest BCUT2D eigenvalue weighted by molar-refractivity contribution is 9.10. The molecule has 1 saturated heterocycles. The van der Waals surface area contributed by atoms with Crippen LogP contribution in [-0.2, 0) is 4.74 Å². The van der Waals surface area contributed by atoms with Crippen molar-refractivity contribution in [2.45, 2.75) is 63.3 Å². The van der Waals surface area contributed by atoms with Crippen LogP contribution in [0.25, 0.3) is 0 Å². The van der Waals surface area contributed by atoms with Gasteiger partial charge in [0.15, 0.2) is 0 Å². The third kappa shape index (κ3) is 3.43. The number of aliphatic hydroxyl groups excluding tert-OH is 1. The predicted octanol–water partition coefficient (Wildman–Crippen LogP) is 4.37. The molecule has 1 aliphatic carbocycles. The molecule has 0 radical (unpaired) electrons. The number of hydrogen-bond acceptors (Lipinski definition) is 3. The fourth-order valence-corrected chi connectivity index (χ4v) is 3.96. The van der Waals surface area contributed by atoms with Gasteiger partial charge in [-0.2, -0.15) is 0 Å². The summed E-state index contributed by atoms with van der Waals surface area (Å²) in [6.07, 6.45) is 6.42. The van der Waals surface area contributed by atoms with Crippen LogP contribution in [-0.4, -0.2) is 23.4 Å². The van der Waals surface area contributed by atoms with Gasteiger partial charge in [-0.05, 0) is 38.0 Å². The summed E-state index contributed by atoms with van der Waals surface area (Å²) >= 11 is 3.45. The van der Waals surface area contributed by atoms with Gasteiger partial charge in [0, 0.05) is 22.9 Å². The van der Waals surface area contributed by atoms with Crippen molar-refractivity contribution in [3.8, 4) is 5.75 Å². The van der Waals surface area contributed by atoms with Crippen molar-refractivity contribution in [3.05, 3.63) is 28.2 Å². The monoisotopic (exact) mass is 354 g/mol. The predicted molar refractivity (Wildman–Crippen MR) is 85.6 cm³/mol. The Bertz CT molecular complexity index is 495. The SMILES string of the molecule is CC(O)c1cc(Br)ccc1OC1CCOC2(CCCC2)C1. The van der Waals surface area contributed by atoms with E-state index in [1.54, 1.807) is 6.92 Å². The number of rotatable bonds is 3. The first-order valence-corrected chi connectivity index (χ1v) is 8.65. The van der Waals surface area contributed by atoms with Crippen molar-refractivity contribution in [2.75, 3.05) is 6.61 Å². The van der Waals surface area contributed by atoms with E-state index in [9.17, 15) is 5.11 Å². The topological polar surface area (TPSA) is 38.7 Å². The maximum Gasteiger partial charge on any atom is 0.125 e. The fourth-order valence-electron chi connectivity index (χ4n) is 3.58. The first-order chi connectivity index (χ1) is 10.1. The Morgan fingerprint density at radius 1 is 1.38 bits per heavy atom. The molecule has 1 spiro atoms. The van der Waals surface area contributed by atoms with E-state index in [4.69, 9.17) is 9.47 Å². The first-order valence-electron chi connectivity index (χ1n) is 7.86. The molecule has 1 saturated carbocycles. The molecule has 4 heteroatoms. The molecule has 21 heavy (non-hydrogen) atoms. The van der Waals surface area contributed by atoms with Gasteiger partial charge in [0.05, 0.1) is 18.3 Å². The van der Waals surface area contributed by atoms with Gasteiger partial charge in [0.2, 0.25) is 0 Å². The van der Waals surface area contributed by atoms with Gasteiger partial charge in [-0.3, -0.25) is 0 Å². The molecule has 3 rings (SSSR count). The maximum atomic E-state index is 9.94. The second kappa shape index (κ2) is 6.27. The summed E-state index contributed by atoms with van der Waals surface area (Å²) in [4.78, 5) is 0. The molecule has 1 aromatic carbocycles. The van der Waals surface area contributed by atoms with E-state index in [0.29, 0.717) is 0 Å². The molecule has 116 valence electrons. The van der Waals surface area contributed by atoms with Crippen molar-refractivity contribution in [1.29, 1.82) is 0 Å².